The molecule has 0 saturated carbocycles. The zero-order valence-corrected chi connectivity index (χ0v) is 16.4. The zero-order valence-electron chi connectivity index (χ0n) is 13.8. The van der Waals surface area contributed by atoms with Gasteiger partial charge in [-0.1, -0.05) is 0 Å². The van der Waals surface area contributed by atoms with E-state index in [2.05, 4.69) is 15.0 Å². The van der Waals surface area contributed by atoms with E-state index in [4.69, 9.17) is 0 Å². The third-order valence-electron chi connectivity index (χ3n) is 3.54. The molecule has 0 aliphatic carbocycles. The van der Waals surface area contributed by atoms with Crippen LogP contribution in [0.5, 0.6) is 0 Å². The number of hydrogen-bond donors (Lipinski definition) is 0. The van der Waals surface area contributed by atoms with E-state index in [9.17, 15) is 52.7 Å². The van der Waals surface area contributed by atoms with Gasteiger partial charge in [0.25, 0.3) is 0 Å². The summed E-state index contributed by atoms with van der Waals surface area (Å²) in [5.74, 6) is -30.1. The number of aromatic nitrogens is 3. The van der Waals surface area contributed by atoms with E-state index in [-0.39, 0.29) is 0 Å². The van der Waals surface area contributed by atoms with E-state index < -0.39 is 101 Å². The van der Waals surface area contributed by atoms with Crippen LogP contribution in [0.1, 0.15) is 0 Å². The Hall–Kier alpha value is -2.57. The van der Waals surface area contributed by atoms with Gasteiger partial charge < -0.3 is 0 Å². The van der Waals surface area contributed by atoms with Gasteiger partial charge in [-0.05, 0) is 0 Å². The molecule has 31 heavy (non-hydrogen) atoms. The van der Waals surface area contributed by atoms with Crippen LogP contribution >= 0.6 is 0 Å². The molecule has 0 atom stereocenters. The van der Waals surface area contributed by atoms with E-state index in [1.54, 1.807) is 0 Å². The Morgan fingerprint density at radius 3 is 0.774 bits per heavy atom. The number of hydrogen-bond acceptors (Lipinski definition) is 3. The van der Waals surface area contributed by atoms with Crippen molar-refractivity contribution in [3.63, 3.8) is 0 Å². The van der Waals surface area contributed by atoms with Crippen LogP contribution in [0.3, 0.4) is 0 Å². The normalized spacial score (nSPS) is 11.5. The van der Waals surface area contributed by atoms with Gasteiger partial charge in [0.2, 0.25) is 0 Å². The summed E-state index contributed by atoms with van der Waals surface area (Å²) in [6.45, 7) is 0. The molecule has 3 heterocycles. The fraction of sp³-hybridized carbons (Fsp3) is 0. The van der Waals surface area contributed by atoms with Gasteiger partial charge in [0, 0.05) is 0 Å². The van der Waals surface area contributed by atoms with Gasteiger partial charge in [0.05, 0.1) is 0 Å². The maximum absolute atomic E-state index is 14.3. The van der Waals surface area contributed by atoms with Crippen molar-refractivity contribution >= 4 is 31.1 Å². The first-order chi connectivity index (χ1) is 14.4. The zero-order chi connectivity index (χ0) is 23.4. The van der Waals surface area contributed by atoms with Gasteiger partial charge in [-0.2, -0.15) is 0 Å². The second-order valence-corrected chi connectivity index (χ2v) is 10.9. The van der Waals surface area contributed by atoms with Gasteiger partial charge in [0.1, 0.15) is 0 Å². The summed E-state index contributed by atoms with van der Waals surface area (Å²) < 4.78 is 159. The first-order valence-corrected chi connectivity index (χ1v) is 11.1. The number of rotatable bonds is 3. The minimum atomic E-state index is -5.66. The van der Waals surface area contributed by atoms with Crippen LogP contribution in [0.4, 0.5) is 52.7 Å². The van der Waals surface area contributed by atoms with Gasteiger partial charge in [-0.15, -0.1) is 0 Å². The summed E-state index contributed by atoms with van der Waals surface area (Å²) in [5, 5.41) is 0. The predicted octanol–water partition coefficient (Wildman–Crippen LogP) is 2.06. The van der Waals surface area contributed by atoms with E-state index in [1.807, 2.05) is 0 Å². The third-order valence-corrected chi connectivity index (χ3v) is 9.70. The summed E-state index contributed by atoms with van der Waals surface area (Å²) in [6, 6.07) is 0. The Morgan fingerprint density at radius 1 is 0.323 bits per heavy atom. The standard InChI is InChI=1S/3C5F4N.Sb/c3*6-2-1-10-5(9)4(8)3(2)7;. The van der Waals surface area contributed by atoms with Crippen LogP contribution in [0.25, 0.3) is 0 Å². The van der Waals surface area contributed by atoms with Crippen LogP contribution in [0, 0.1) is 70.2 Å². The number of halogens is 12. The molecule has 3 nitrogen and oxygen atoms in total. The monoisotopic (exact) mass is 571 g/mol. The van der Waals surface area contributed by atoms with E-state index in [1.165, 1.54) is 0 Å². The second kappa shape index (κ2) is 8.17. The van der Waals surface area contributed by atoms with Crippen molar-refractivity contribution in [2.45, 2.75) is 0 Å². The second-order valence-electron chi connectivity index (χ2n) is 5.34. The minimum absolute atomic E-state index is 1.78. The molecule has 0 bridgehead atoms. The molecule has 0 fully saturated rings. The Kier molecular flexibility index (Phi) is 6.09. The Balaban J connectivity index is 2.50. The van der Waals surface area contributed by atoms with Crippen molar-refractivity contribution in [2.24, 2.45) is 0 Å². The first-order valence-electron chi connectivity index (χ1n) is 7.28. The number of nitrogens with zero attached hydrogens (tertiary/aromatic N) is 3. The molecule has 0 amide bonds. The van der Waals surface area contributed by atoms with E-state index in [0.29, 0.717) is 0 Å². The Bertz CT molecular complexity index is 1080. The molecule has 0 aliphatic heterocycles. The summed E-state index contributed by atoms with van der Waals surface area (Å²) in [7, 11) is 0. The third kappa shape index (κ3) is 3.68. The fourth-order valence-electron chi connectivity index (χ4n) is 2.17. The van der Waals surface area contributed by atoms with Crippen LogP contribution in [-0.2, 0) is 0 Å². The molecule has 3 rings (SSSR count). The summed E-state index contributed by atoms with van der Waals surface area (Å²) in [6.07, 6.45) is 0. The molecule has 164 valence electrons. The fourth-order valence-corrected chi connectivity index (χ4v) is 8.02. The van der Waals surface area contributed by atoms with Crippen LogP contribution in [0.15, 0.2) is 0 Å². The van der Waals surface area contributed by atoms with Gasteiger partial charge >= 0.3 is 169 Å². The van der Waals surface area contributed by atoms with Crippen molar-refractivity contribution in [2.75, 3.05) is 0 Å². The van der Waals surface area contributed by atoms with E-state index in [0.717, 1.165) is 0 Å². The van der Waals surface area contributed by atoms with Crippen molar-refractivity contribution < 1.29 is 52.7 Å². The topological polar surface area (TPSA) is 38.7 Å². The molecule has 3 aromatic heterocycles. The quantitative estimate of drug-likeness (QED) is 0.275. The Morgan fingerprint density at radius 2 is 0.548 bits per heavy atom. The van der Waals surface area contributed by atoms with Crippen molar-refractivity contribution in [1.29, 1.82) is 0 Å². The first kappa shape index (κ1) is 23.1. The summed E-state index contributed by atoms with van der Waals surface area (Å²) >= 11 is -5.66. The average Bonchev–Trinajstić information content (AvgIpc) is 2.74. The molecule has 0 spiro atoms. The molecule has 0 radical (unpaired) electrons. The van der Waals surface area contributed by atoms with Crippen LogP contribution in [-0.4, -0.2) is 35.2 Å². The molecule has 0 N–H and O–H groups in total. The van der Waals surface area contributed by atoms with Crippen molar-refractivity contribution in [1.82, 2.24) is 15.0 Å². The average molecular weight is 572 g/mol. The Labute approximate surface area is 169 Å². The molecule has 0 aliphatic rings. The molecular weight excluding hydrogens is 572 g/mol. The molecule has 0 saturated heterocycles. The summed E-state index contributed by atoms with van der Waals surface area (Å²) in [4.78, 5) is 7.70. The molecule has 0 unspecified atom stereocenters. The SMILES string of the molecule is Fc1n[c]([Sb]([c]2nc(F)c(F)c(F)c2F)[c]2nc(F)c(F)c(F)c2F)c(F)c(F)c1F. The van der Waals surface area contributed by atoms with Crippen LogP contribution < -0.4 is 10.9 Å². The van der Waals surface area contributed by atoms with E-state index >= 15 is 0 Å². The molecule has 3 aromatic rings. The van der Waals surface area contributed by atoms with Crippen molar-refractivity contribution in [3.05, 3.63) is 70.2 Å². The van der Waals surface area contributed by atoms with Gasteiger partial charge in [-0.3, -0.25) is 0 Å². The van der Waals surface area contributed by atoms with Gasteiger partial charge in [-0.25, -0.2) is 0 Å². The van der Waals surface area contributed by atoms with Crippen LogP contribution in [0.2, 0.25) is 0 Å². The van der Waals surface area contributed by atoms with Crippen molar-refractivity contribution in [3.8, 4) is 0 Å². The van der Waals surface area contributed by atoms with Gasteiger partial charge in [0.15, 0.2) is 0 Å². The molecule has 0 aromatic carbocycles. The molecular formula is C15F12N3Sb. The number of pyridine rings is 3. The summed E-state index contributed by atoms with van der Waals surface area (Å²) in [5.41, 5.74) is 0. The molecule has 16 heteroatoms. The maximum atomic E-state index is 14.3. The predicted molar refractivity (Wildman–Crippen MR) is 76.9 cm³/mol.